The summed E-state index contributed by atoms with van der Waals surface area (Å²) in [5.74, 6) is -0.113. The van der Waals surface area contributed by atoms with Gasteiger partial charge in [-0.15, -0.1) is 0 Å². The predicted molar refractivity (Wildman–Crippen MR) is 85.5 cm³/mol. The summed E-state index contributed by atoms with van der Waals surface area (Å²) in [5, 5.41) is 6.21. The van der Waals surface area contributed by atoms with Gasteiger partial charge in [0, 0.05) is 13.0 Å². The molecule has 0 saturated heterocycles. The van der Waals surface area contributed by atoms with E-state index >= 15 is 0 Å². The van der Waals surface area contributed by atoms with Crippen molar-refractivity contribution in [1.29, 1.82) is 0 Å². The van der Waals surface area contributed by atoms with Crippen LogP contribution in [0, 0.1) is 0 Å². The van der Waals surface area contributed by atoms with Gasteiger partial charge in [0.05, 0.1) is 16.6 Å². The lowest BCUT2D eigenvalue weighted by Crippen LogP contribution is -2.33. The quantitative estimate of drug-likeness (QED) is 0.892. The minimum atomic E-state index is -0.137. The van der Waals surface area contributed by atoms with E-state index in [9.17, 15) is 9.59 Å². The maximum Gasteiger partial charge on any atom is 0.224 e. The molecule has 1 aromatic carbocycles. The molecule has 0 unspecified atom stereocenters. The number of benzene rings is 1. The molecule has 0 aliphatic heterocycles. The van der Waals surface area contributed by atoms with Crippen LogP contribution in [0.4, 0.5) is 5.13 Å². The van der Waals surface area contributed by atoms with Crippen molar-refractivity contribution in [2.75, 3.05) is 5.32 Å². The third-order valence-corrected chi connectivity index (χ3v) is 4.05. The summed E-state index contributed by atoms with van der Waals surface area (Å²) in [6.07, 6.45) is 1.27. The maximum absolute atomic E-state index is 11.9. The highest BCUT2D eigenvalue weighted by molar-refractivity contribution is 7.22. The molecule has 0 aliphatic rings. The predicted octanol–water partition coefficient (Wildman–Crippen LogP) is 2.71. The molecule has 6 heteroatoms. The van der Waals surface area contributed by atoms with Crippen molar-refractivity contribution < 1.29 is 9.59 Å². The second-order valence-electron chi connectivity index (χ2n) is 5.06. The normalized spacial score (nSPS) is 12.1. The third-order valence-electron chi connectivity index (χ3n) is 3.12. The van der Waals surface area contributed by atoms with Gasteiger partial charge in [-0.25, -0.2) is 4.98 Å². The Morgan fingerprint density at radius 3 is 2.81 bits per heavy atom. The fraction of sp³-hybridized carbons (Fsp3) is 0.400. The van der Waals surface area contributed by atoms with E-state index in [4.69, 9.17) is 0 Å². The molecule has 2 N–H and O–H groups in total. The zero-order valence-electron chi connectivity index (χ0n) is 12.4. The van der Waals surface area contributed by atoms with Crippen LogP contribution in [0.1, 0.15) is 32.8 Å². The summed E-state index contributed by atoms with van der Waals surface area (Å²) in [4.78, 5) is 27.2. The maximum atomic E-state index is 11.9. The molecule has 2 aromatic rings. The summed E-state index contributed by atoms with van der Waals surface area (Å²) in [6.45, 7) is 5.48. The Balaban J connectivity index is 2.11. The van der Waals surface area contributed by atoms with E-state index in [0.29, 0.717) is 11.6 Å². The average molecular weight is 305 g/mol. The first-order valence-electron chi connectivity index (χ1n) is 6.94. The van der Waals surface area contributed by atoms with Gasteiger partial charge >= 0.3 is 0 Å². The molecule has 21 heavy (non-hydrogen) atoms. The van der Waals surface area contributed by atoms with Gasteiger partial charge in [0.15, 0.2) is 5.13 Å². The first kappa shape index (κ1) is 15.4. The monoisotopic (exact) mass is 305 g/mol. The molecule has 1 heterocycles. The second kappa shape index (κ2) is 6.67. The van der Waals surface area contributed by atoms with Gasteiger partial charge < -0.3 is 10.6 Å². The van der Waals surface area contributed by atoms with Gasteiger partial charge in [0.1, 0.15) is 0 Å². The lowest BCUT2D eigenvalue weighted by molar-refractivity contribution is -0.121. The van der Waals surface area contributed by atoms with Gasteiger partial charge in [0.2, 0.25) is 11.8 Å². The Morgan fingerprint density at radius 2 is 2.14 bits per heavy atom. The molecule has 0 bridgehead atoms. The molecular formula is C15H19N3O2S. The smallest absolute Gasteiger partial charge is 0.224 e. The Labute approximate surface area is 127 Å². The molecule has 1 aromatic heterocycles. The van der Waals surface area contributed by atoms with Crippen LogP contribution in [-0.4, -0.2) is 22.8 Å². The van der Waals surface area contributed by atoms with Crippen molar-refractivity contribution in [3.05, 3.63) is 23.8 Å². The van der Waals surface area contributed by atoms with Gasteiger partial charge in [-0.05, 0) is 31.0 Å². The molecule has 0 saturated carbocycles. The highest BCUT2D eigenvalue weighted by Gasteiger charge is 2.09. The lowest BCUT2D eigenvalue weighted by Gasteiger charge is -2.11. The molecule has 0 fully saturated rings. The molecule has 1 atom stereocenters. The number of nitrogens with zero attached hydrogens (tertiary/aromatic N) is 1. The number of nitrogens with one attached hydrogen (secondary N) is 2. The van der Waals surface area contributed by atoms with E-state index in [0.717, 1.165) is 22.2 Å². The highest BCUT2D eigenvalue weighted by Crippen LogP contribution is 2.26. The van der Waals surface area contributed by atoms with Crippen molar-refractivity contribution in [2.45, 2.75) is 39.7 Å². The summed E-state index contributed by atoms with van der Waals surface area (Å²) in [5.41, 5.74) is 1.77. The number of hydrogen-bond acceptors (Lipinski definition) is 4. The molecule has 0 radical (unpaired) electrons. The largest absolute Gasteiger partial charge is 0.353 e. The standard InChI is InChI=1S/C15H19N3O2S/c1-4-9(2)16-14(20)8-11-5-6-12-13(7-11)21-15(18-12)17-10(3)19/h5-7,9H,4,8H2,1-3H3,(H,16,20)(H,17,18,19)/t9-/m1/s1. The molecule has 112 valence electrons. The molecule has 2 amide bonds. The van der Waals surface area contributed by atoms with Crippen LogP contribution >= 0.6 is 11.3 Å². The number of rotatable bonds is 5. The number of aromatic nitrogens is 1. The van der Waals surface area contributed by atoms with Gasteiger partial charge in [-0.3, -0.25) is 9.59 Å². The van der Waals surface area contributed by atoms with Crippen LogP contribution in [0.25, 0.3) is 10.2 Å². The van der Waals surface area contributed by atoms with Crippen molar-refractivity contribution in [1.82, 2.24) is 10.3 Å². The van der Waals surface area contributed by atoms with Gasteiger partial charge in [-0.1, -0.05) is 24.3 Å². The fourth-order valence-corrected chi connectivity index (χ4v) is 2.87. The summed E-state index contributed by atoms with van der Waals surface area (Å²) in [7, 11) is 0. The molecule has 5 nitrogen and oxygen atoms in total. The van der Waals surface area contributed by atoms with E-state index in [1.165, 1.54) is 18.3 Å². The van der Waals surface area contributed by atoms with Crippen molar-refractivity contribution in [3.63, 3.8) is 0 Å². The Morgan fingerprint density at radius 1 is 1.38 bits per heavy atom. The van der Waals surface area contributed by atoms with Crippen LogP contribution in [0.15, 0.2) is 18.2 Å². The first-order valence-corrected chi connectivity index (χ1v) is 7.76. The number of hydrogen-bond donors (Lipinski definition) is 2. The number of fused-ring (bicyclic) bond motifs is 1. The third kappa shape index (κ3) is 4.26. The SMILES string of the molecule is CC[C@@H](C)NC(=O)Cc1ccc2nc(NC(C)=O)sc2c1. The molecule has 0 spiro atoms. The topological polar surface area (TPSA) is 71.1 Å². The fourth-order valence-electron chi connectivity index (χ4n) is 1.90. The van der Waals surface area contributed by atoms with Gasteiger partial charge in [-0.2, -0.15) is 0 Å². The number of amides is 2. The number of thiazole rings is 1. The van der Waals surface area contributed by atoms with Crippen LogP contribution in [0.3, 0.4) is 0 Å². The zero-order chi connectivity index (χ0) is 15.4. The lowest BCUT2D eigenvalue weighted by atomic mass is 10.1. The number of carbonyl (C=O) groups excluding carboxylic acids is 2. The summed E-state index contributed by atoms with van der Waals surface area (Å²) >= 11 is 1.41. The average Bonchev–Trinajstić information content (AvgIpc) is 2.78. The van der Waals surface area contributed by atoms with E-state index in [1.807, 2.05) is 32.0 Å². The highest BCUT2D eigenvalue weighted by atomic mass is 32.1. The Hall–Kier alpha value is -1.95. The van der Waals surface area contributed by atoms with Crippen molar-refractivity contribution >= 4 is 38.5 Å². The Bertz CT molecular complexity index is 666. The number of carbonyl (C=O) groups is 2. The Kier molecular flexibility index (Phi) is 4.90. The molecular weight excluding hydrogens is 286 g/mol. The zero-order valence-corrected chi connectivity index (χ0v) is 13.2. The minimum Gasteiger partial charge on any atom is -0.353 e. The first-order chi connectivity index (χ1) is 9.97. The van der Waals surface area contributed by atoms with E-state index in [1.54, 1.807) is 0 Å². The van der Waals surface area contributed by atoms with Crippen molar-refractivity contribution in [3.8, 4) is 0 Å². The van der Waals surface area contributed by atoms with Crippen molar-refractivity contribution in [2.24, 2.45) is 0 Å². The second-order valence-corrected chi connectivity index (χ2v) is 6.09. The van der Waals surface area contributed by atoms with E-state index < -0.39 is 0 Å². The van der Waals surface area contributed by atoms with Crippen LogP contribution < -0.4 is 10.6 Å². The summed E-state index contributed by atoms with van der Waals surface area (Å²) < 4.78 is 0.965. The van der Waals surface area contributed by atoms with E-state index in [2.05, 4.69) is 15.6 Å². The molecule has 2 rings (SSSR count). The molecule has 0 aliphatic carbocycles. The minimum absolute atomic E-state index is 0.0234. The summed E-state index contributed by atoms with van der Waals surface area (Å²) in [6, 6.07) is 5.92. The van der Waals surface area contributed by atoms with Crippen LogP contribution in [0.5, 0.6) is 0 Å². The van der Waals surface area contributed by atoms with Gasteiger partial charge in [0.25, 0.3) is 0 Å². The number of anilines is 1. The van der Waals surface area contributed by atoms with Crippen LogP contribution in [0.2, 0.25) is 0 Å². The van der Waals surface area contributed by atoms with E-state index in [-0.39, 0.29) is 17.9 Å². The van der Waals surface area contributed by atoms with Crippen LogP contribution in [-0.2, 0) is 16.0 Å².